The van der Waals surface area contributed by atoms with Gasteiger partial charge in [0.15, 0.2) is 18.9 Å². The first-order valence-corrected chi connectivity index (χ1v) is 11.3. The number of carbonyl (C=O) groups excluding carboxylic acids is 1. The first kappa shape index (κ1) is 29.2. The molecule has 4 unspecified atom stereocenters. The Hall–Kier alpha value is -1.02. The molecule has 0 aromatic heterocycles. The summed E-state index contributed by atoms with van der Waals surface area (Å²) in [5, 5.41) is 0. The molecule has 0 aliphatic carbocycles. The third-order valence-corrected chi connectivity index (χ3v) is 5.89. The lowest BCUT2D eigenvalue weighted by atomic mass is 9.97. The van der Waals surface area contributed by atoms with Crippen LogP contribution in [0.25, 0.3) is 0 Å². The van der Waals surface area contributed by atoms with Crippen LogP contribution in [0.3, 0.4) is 0 Å². The maximum Gasteiger partial charge on any atom is 0.217 e. The lowest BCUT2D eigenvalue weighted by Crippen LogP contribution is -2.65. The summed E-state index contributed by atoms with van der Waals surface area (Å²) < 4.78 is 92.3. The van der Waals surface area contributed by atoms with E-state index in [-0.39, 0.29) is 0 Å². The topological polar surface area (TPSA) is 176 Å². The van der Waals surface area contributed by atoms with Gasteiger partial charge in [0, 0.05) is 42.7 Å². The van der Waals surface area contributed by atoms with E-state index in [4.69, 9.17) is 47.4 Å². The molecule has 0 saturated carbocycles. The fraction of sp³-hybridized carbons (Fsp3) is 0.944. The Balaban J connectivity index is 2.36. The van der Waals surface area contributed by atoms with Crippen LogP contribution >= 0.6 is 0 Å². The number of hydrogen-bond acceptors (Lipinski definition) is 15. The van der Waals surface area contributed by atoms with Gasteiger partial charge in [-0.25, -0.2) is 8.42 Å². The highest BCUT2D eigenvalue weighted by molar-refractivity contribution is 7.80. The molecular weight excluding hydrogens is 488 g/mol. The number of hydrogen-bond donors (Lipinski definition) is 0. The minimum atomic E-state index is -5.02. The van der Waals surface area contributed by atoms with E-state index >= 15 is 0 Å². The summed E-state index contributed by atoms with van der Waals surface area (Å²) in [6.07, 6.45) is -10.3. The van der Waals surface area contributed by atoms with E-state index in [0.29, 0.717) is 0 Å². The zero-order chi connectivity index (χ0) is 25.5. The van der Waals surface area contributed by atoms with E-state index in [2.05, 4.69) is 4.18 Å². The molecule has 2 fully saturated rings. The molecule has 0 radical (unpaired) electrons. The van der Waals surface area contributed by atoms with Gasteiger partial charge in [-0.05, 0) is 0 Å². The minimum Gasteiger partial charge on any atom is -0.726 e. The molecule has 16 heteroatoms. The van der Waals surface area contributed by atoms with Crippen molar-refractivity contribution < 1.29 is 69.3 Å². The predicted octanol–water partition coefficient (Wildman–Crippen LogP) is -1.94. The standard InChI is InChI=1S/C18H31O15S/c1-23-10-9(7-30-34(20,21)22)31-18(14(27-5)11(10)24-2)32-15-12(25-3)13(26-4)16(28-6)33-17(15)29-8-19/h9-18H,7H2,1-6H3,(H,20,21,22)/q-1/p-1/t9-,10+,11?,12?,13?,14?,15-,16+,17+,18+/m0/s1. The average Bonchev–Trinajstić information content (AvgIpc) is 2.81. The average molecular weight is 518 g/mol. The van der Waals surface area contributed by atoms with Gasteiger partial charge in [0.05, 0.1) is 6.61 Å². The molecule has 2 saturated heterocycles. The van der Waals surface area contributed by atoms with Gasteiger partial charge in [-0.15, -0.1) is 0 Å². The fourth-order valence-electron chi connectivity index (χ4n) is 4.00. The number of ether oxygens (including phenoxy) is 10. The van der Waals surface area contributed by atoms with Crippen LogP contribution in [0.1, 0.15) is 0 Å². The lowest BCUT2D eigenvalue weighted by Gasteiger charge is -2.49. The molecule has 15 nitrogen and oxygen atoms in total. The van der Waals surface area contributed by atoms with E-state index < -0.39 is 78.6 Å². The van der Waals surface area contributed by atoms with Gasteiger partial charge in [-0.2, -0.15) is 0 Å². The number of rotatable bonds is 13. The van der Waals surface area contributed by atoms with Crippen molar-refractivity contribution in [2.45, 2.75) is 61.6 Å². The lowest BCUT2D eigenvalue weighted by molar-refractivity contribution is -0.384. The van der Waals surface area contributed by atoms with E-state index in [1.165, 1.54) is 49.1 Å². The molecule has 0 N–H and O–H groups in total. The van der Waals surface area contributed by atoms with Crippen molar-refractivity contribution in [3.63, 3.8) is 0 Å². The molecule has 0 aromatic carbocycles. The van der Waals surface area contributed by atoms with E-state index in [0.717, 1.165) is 0 Å². The van der Waals surface area contributed by atoms with Crippen LogP contribution in [0.5, 0.6) is 0 Å². The number of methoxy groups -OCH3 is 6. The molecule has 0 amide bonds. The van der Waals surface area contributed by atoms with Crippen LogP contribution in [-0.2, 0) is 66.7 Å². The first-order chi connectivity index (χ1) is 16.2. The smallest absolute Gasteiger partial charge is 0.217 e. The maximum atomic E-state index is 11.0. The molecule has 34 heavy (non-hydrogen) atoms. The zero-order valence-corrected chi connectivity index (χ0v) is 20.3. The SMILES string of the molecule is COC1C(OC)[C@H](O[C@H]2O[C@@H](COS(=O)(=O)[O-])[C@@H](OC)C(OC)C2OC)[C@H](O[C-]=O)O[C@H]1OC. The van der Waals surface area contributed by atoms with Crippen LogP contribution in [0.15, 0.2) is 0 Å². The van der Waals surface area contributed by atoms with Crippen LogP contribution < -0.4 is 0 Å². The second kappa shape index (κ2) is 13.3. The van der Waals surface area contributed by atoms with Crippen molar-refractivity contribution >= 4 is 16.9 Å². The molecule has 0 bridgehead atoms. The summed E-state index contributed by atoms with van der Waals surface area (Å²) in [7, 11) is 3.17. The monoisotopic (exact) mass is 518 g/mol. The molecule has 0 aromatic rings. The zero-order valence-electron chi connectivity index (χ0n) is 19.5. The van der Waals surface area contributed by atoms with Gasteiger partial charge in [0.2, 0.25) is 10.4 Å². The van der Waals surface area contributed by atoms with Crippen LogP contribution in [0, 0.1) is 0 Å². The summed E-state index contributed by atoms with van der Waals surface area (Å²) in [5.41, 5.74) is 0. The second-order valence-electron chi connectivity index (χ2n) is 7.15. The predicted molar refractivity (Wildman–Crippen MR) is 106 cm³/mol. The van der Waals surface area contributed by atoms with E-state index in [9.17, 15) is 17.8 Å². The maximum absolute atomic E-state index is 11.0. The van der Waals surface area contributed by atoms with Crippen LogP contribution in [0.2, 0.25) is 0 Å². The Morgan fingerprint density at radius 1 is 0.706 bits per heavy atom. The molecule has 200 valence electrons. The highest BCUT2D eigenvalue weighted by Crippen LogP contribution is 2.34. The Kier molecular flexibility index (Phi) is 11.5. The third kappa shape index (κ3) is 6.80. The normalized spacial score (nSPS) is 39.0. The largest absolute Gasteiger partial charge is 0.726 e. The summed E-state index contributed by atoms with van der Waals surface area (Å²) in [6.45, 7) is 0.598. The van der Waals surface area contributed by atoms with Crippen molar-refractivity contribution in [3.8, 4) is 0 Å². The van der Waals surface area contributed by atoms with Crippen molar-refractivity contribution in [1.29, 1.82) is 0 Å². The molecule has 2 rings (SSSR count). The van der Waals surface area contributed by atoms with Crippen molar-refractivity contribution in [2.24, 2.45) is 0 Å². The van der Waals surface area contributed by atoms with E-state index in [1.54, 1.807) is 0 Å². The Morgan fingerprint density at radius 3 is 1.71 bits per heavy atom. The van der Waals surface area contributed by atoms with Gasteiger partial charge in [-0.3, -0.25) is 4.18 Å². The van der Waals surface area contributed by atoms with Gasteiger partial charge in [0.1, 0.15) is 42.7 Å². The molecule has 2 aliphatic heterocycles. The van der Waals surface area contributed by atoms with Crippen LogP contribution in [-0.4, -0.2) is 130 Å². The molecular formula is C18H30O15S-2. The van der Waals surface area contributed by atoms with Crippen LogP contribution in [0.4, 0.5) is 0 Å². The van der Waals surface area contributed by atoms with Crippen molar-refractivity contribution in [1.82, 2.24) is 0 Å². The Bertz CT molecular complexity index is 720. The quantitative estimate of drug-likeness (QED) is 0.149. The summed E-state index contributed by atoms with van der Waals surface area (Å²) >= 11 is 0. The molecule has 2 heterocycles. The fourth-order valence-corrected chi connectivity index (χ4v) is 4.30. The molecule has 2 aliphatic rings. The minimum absolute atomic E-state index is 0.691. The highest BCUT2D eigenvalue weighted by atomic mass is 32.3. The van der Waals surface area contributed by atoms with Crippen molar-refractivity contribution in [2.75, 3.05) is 49.3 Å². The molecule has 10 atom stereocenters. The second-order valence-corrected chi connectivity index (χ2v) is 8.20. The van der Waals surface area contributed by atoms with Gasteiger partial charge in [0.25, 0.3) is 0 Å². The highest BCUT2D eigenvalue weighted by Gasteiger charge is 2.53. The summed E-state index contributed by atoms with van der Waals surface area (Å²) in [6, 6.07) is 0. The third-order valence-electron chi connectivity index (χ3n) is 5.47. The molecule has 0 spiro atoms. The van der Waals surface area contributed by atoms with Crippen molar-refractivity contribution in [3.05, 3.63) is 0 Å². The summed E-state index contributed by atoms with van der Waals surface area (Å²) in [4.78, 5) is 11.0. The Labute approximate surface area is 197 Å². The van der Waals surface area contributed by atoms with E-state index in [1.807, 2.05) is 0 Å². The summed E-state index contributed by atoms with van der Waals surface area (Å²) in [5.74, 6) is 0. The Morgan fingerprint density at radius 2 is 1.24 bits per heavy atom. The first-order valence-electron chi connectivity index (χ1n) is 9.95. The van der Waals surface area contributed by atoms with Gasteiger partial charge in [-0.1, -0.05) is 6.47 Å². The van der Waals surface area contributed by atoms with Gasteiger partial charge < -0.3 is 56.7 Å². The van der Waals surface area contributed by atoms with Gasteiger partial charge >= 0.3 is 0 Å².